The number of methoxy groups -OCH3 is 1. The van der Waals surface area contributed by atoms with Gasteiger partial charge in [0.25, 0.3) is 0 Å². The number of aromatic nitrogens is 3. The molecule has 0 saturated carbocycles. The van der Waals surface area contributed by atoms with Crippen LogP contribution in [0.25, 0.3) is 22.2 Å². The number of piperidine rings is 1. The summed E-state index contributed by atoms with van der Waals surface area (Å²) >= 11 is 0. The Morgan fingerprint density at radius 2 is 1.97 bits per heavy atom. The Bertz CT molecular complexity index is 1380. The van der Waals surface area contributed by atoms with Gasteiger partial charge in [0.2, 0.25) is 0 Å². The van der Waals surface area contributed by atoms with Gasteiger partial charge in [0.1, 0.15) is 5.75 Å². The minimum atomic E-state index is -0.144. The van der Waals surface area contributed by atoms with Gasteiger partial charge in [-0.05, 0) is 43.5 Å². The number of ether oxygens (including phenoxy) is 1. The molecule has 1 aliphatic heterocycles. The van der Waals surface area contributed by atoms with E-state index in [1.807, 2.05) is 60.0 Å². The predicted octanol–water partition coefficient (Wildman–Crippen LogP) is 4.58. The molecule has 0 spiro atoms. The molecular formula is C26H27N5O3. The van der Waals surface area contributed by atoms with Crippen molar-refractivity contribution in [3.05, 3.63) is 77.0 Å². The molecule has 0 atom stereocenters. The molecular weight excluding hydrogens is 430 g/mol. The van der Waals surface area contributed by atoms with Gasteiger partial charge in [-0.25, -0.2) is 9.59 Å². The van der Waals surface area contributed by atoms with Crippen LogP contribution in [0.4, 0.5) is 10.5 Å². The average Bonchev–Trinajstić information content (AvgIpc) is 3.21. The van der Waals surface area contributed by atoms with Crippen LogP contribution >= 0.6 is 0 Å². The number of hydrogen-bond donors (Lipinski definition) is 2. The number of nitrogens with one attached hydrogen (secondary N) is 2. The number of pyridine rings is 1. The van der Waals surface area contributed by atoms with Crippen molar-refractivity contribution in [2.45, 2.75) is 25.8 Å². The van der Waals surface area contributed by atoms with Crippen molar-refractivity contribution < 1.29 is 9.53 Å². The van der Waals surface area contributed by atoms with Crippen molar-refractivity contribution in [2.75, 3.05) is 25.5 Å². The number of amides is 2. The molecule has 0 aliphatic carbocycles. The third kappa shape index (κ3) is 4.03. The lowest BCUT2D eigenvalue weighted by atomic mass is 10.0. The number of urea groups is 1. The fourth-order valence-corrected chi connectivity index (χ4v) is 4.70. The number of imidazole rings is 1. The Labute approximate surface area is 197 Å². The summed E-state index contributed by atoms with van der Waals surface area (Å²) in [6.07, 6.45) is 4.94. The maximum absolute atomic E-state index is 13.0. The molecule has 2 aromatic heterocycles. The number of carbonyl (C=O) groups excluding carboxylic acids is 1. The van der Waals surface area contributed by atoms with E-state index >= 15 is 0 Å². The molecule has 174 valence electrons. The summed E-state index contributed by atoms with van der Waals surface area (Å²) in [7, 11) is 1.62. The lowest BCUT2D eigenvalue weighted by molar-refractivity contribution is 0.184. The molecule has 5 rings (SSSR count). The van der Waals surface area contributed by atoms with Gasteiger partial charge in [0.05, 0.1) is 18.1 Å². The van der Waals surface area contributed by atoms with E-state index in [2.05, 4.69) is 15.3 Å². The van der Waals surface area contributed by atoms with E-state index in [9.17, 15) is 9.59 Å². The number of likely N-dealkylation sites (tertiary alicyclic amines) is 1. The lowest BCUT2D eigenvalue weighted by Gasteiger charge is -2.32. The zero-order valence-electron chi connectivity index (χ0n) is 19.2. The number of anilines is 1. The number of carbonyl (C=O) groups is 1. The van der Waals surface area contributed by atoms with Crippen LogP contribution in [0.5, 0.6) is 5.75 Å². The molecule has 4 aromatic rings. The zero-order chi connectivity index (χ0) is 23.7. The van der Waals surface area contributed by atoms with Crippen molar-refractivity contribution >= 4 is 22.8 Å². The fraction of sp³-hybridized carbons (Fsp3) is 0.269. The van der Waals surface area contributed by atoms with E-state index < -0.39 is 0 Å². The number of benzene rings is 2. The third-order valence-electron chi connectivity index (χ3n) is 6.50. The summed E-state index contributed by atoms with van der Waals surface area (Å²) in [4.78, 5) is 34.8. The largest absolute Gasteiger partial charge is 0.496 e. The first kappa shape index (κ1) is 21.8. The van der Waals surface area contributed by atoms with Crippen molar-refractivity contribution in [2.24, 2.45) is 0 Å². The Hall–Kier alpha value is -4.07. The first-order chi connectivity index (χ1) is 16.5. The smallest absolute Gasteiger partial charge is 0.326 e. The number of H-pyrrole nitrogens is 1. The summed E-state index contributed by atoms with van der Waals surface area (Å²) in [6.45, 7) is 3.10. The Balaban J connectivity index is 1.32. The summed E-state index contributed by atoms with van der Waals surface area (Å²) in [5.74, 6) is 0.737. The van der Waals surface area contributed by atoms with Crippen molar-refractivity contribution in [1.29, 1.82) is 0 Å². The number of fused-ring (bicyclic) bond motifs is 1. The summed E-state index contributed by atoms with van der Waals surface area (Å²) < 4.78 is 7.19. The summed E-state index contributed by atoms with van der Waals surface area (Å²) in [5.41, 5.74) is 5.19. The summed E-state index contributed by atoms with van der Waals surface area (Å²) in [5, 5.41) is 2.96. The van der Waals surface area contributed by atoms with Crippen LogP contribution in [0.3, 0.4) is 0 Å². The number of aryl methyl sites for hydroxylation is 1. The SMILES string of the molecule is COc1cc(NC(=O)N2CCC(n3c(=O)[nH]c4c(-c5cccnc5)cccc43)CC2)ccc1C. The van der Waals surface area contributed by atoms with Crippen LogP contribution in [0.2, 0.25) is 0 Å². The molecule has 8 nitrogen and oxygen atoms in total. The van der Waals surface area contributed by atoms with Gasteiger partial charge in [0, 0.05) is 54.4 Å². The quantitative estimate of drug-likeness (QED) is 0.469. The maximum Gasteiger partial charge on any atom is 0.326 e. The molecule has 3 heterocycles. The van der Waals surface area contributed by atoms with Gasteiger partial charge in [-0.2, -0.15) is 0 Å². The third-order valence-corrected chi connectivity index (χ3v) is 6.50. The van der Waals surface area contributed by atoms with Gasteiger partial charge < -0.3 is 19.9 Å². The normalized spacial score (nSPS) is 14.4. The zero-order valence-corrected chi connectivity index (χ0v) is 19.2. The van der Waals surface area contributed by atoms with Crippen LogP contribution in [-0.4, -0.2) is 45.7 Å². The van der Waals surface area contributed by atoms with E-state index in [4.69, 9.17) is 4.74 Å². The van der Waals surface area contributed by atoms with Crippen LogP contribution < -0.4 is 15.7 Å². The second-order valence-electron chi connectivity index (χ2n) is 8.57. The van der Waals surface area contributed by atoms with Gasteiger partial charge in [-0.15, -0.1) is 0 Å². The molecule has 2 amide bonds. The number of hydrogen-bond acceptors (Lipinski definition) is 4. The Kier molecular flexibility index (Phi) is 5.79. The highest BCUT2D eigenvalue weighted by molar-refractivity contribution is 5.92. The summed E-state index contributed by atoms with van der Waals surface area (Å²) in [6, 6.07) is 15.3. The predicted molar refractivity (Wildman–Crippen MR) is 132 cm³/mol. The van der Waals surface area contributed by atoms with Crippen LogP contribution in [0.1, 0.15) is 24.4 Å². The van der Waals surface area contributed by atoms with Crippen molar-refractivity contribution in [3.63, 3.8) is 0 Å². The second-order valence-corrected chi connectivity index (χ2v) is 8.57. The molecule has 2 N–H and O–H groups in total. The average molecular weight is 458 g/mol. The van der Waals surface area contributed by atoms with Gasteiger partial charge in [-0.1, -0.05) is 24.3 Å². The van der Waals surface area contributed by atoms with Crippen molar-refractivity contribution in [3.8, 4) is 16.9 Å². The Morgan fingerprint density at radius 3 is 2.71 bits per heavy atom. The van der Waals surface area contributed by atoms with E-state index in [-0.39, 0.29) is 17.8 Å². The molecule has 1 fully saturated rings. The molecule has 8 heteroatoms. The minimum Gasteiger partial charge on any atom is -0.496 e. The van der Waals surface area contributed by atoms with Gasteiger partial charge >= 0.3 is 11.7 Å². The first-order valence-electron chi connectivity index (χ1n) is 11.4. The highest BCUT2D eigenvalue weighted by Gasteiger charge is 2.26. The maximum atomic E-state index is 13.0. The number of aromatic amines is 1. The van der Waals surface area contributed by atoms with Gasteiger partial charge in [0.15, 0.2) is 0 Å². The fourth-order valence-electron chi connectivity index (χ4n) is 4.70. The first-order valence-corrected chi connectivity index (χ1v) is 11.4. The van der Waals surface area contributed by atoms with E-state index in [1.165, 1.54) is 0 Å². The molecule has 0 bridgehead atoms. The second kappa shape index (κ2) is 9.05. The molecule has 34 heavy (non-hydrogen) atoms. The lowest BCUT2D eigenvalue weighted by Crippen LogP contribution is -2.42. The minimum absolute atomic E-state index is 0.0221. The van der Waals surface area contributed by atoms with Crippen LogP contribution in [-0.2, 0) is 0 Å². The highest BCUT2D eigenvalue weighted by Crippen LogP contribution is 2.30. The molecule has 0 radical (unpaired) electrons. The molecule has 1 aliphatic rings. The number of rotatable bonds is 4. The van der Waals surface area contributed by atoms with E-state index in [0.717, 1.165) is 33.5 Å². The van der Waals surface area contributed by atoms with Crippen LogP contribution in [0.15, 0.2) is 65.7 Å². The standard InChI is InChI=1S/C26H27N5O3/c1-17-8-9-19(15-23(17)34-2)28-25(32)30-13-10-20(11-14-30)31-22-7-3-6-21(24(22)29-26(31)33)18-5-4-12-27-16-18/h3-9,12,15-16,20H,10-11,13-14H2,1-2H3,(H,28,32)(H,29,33). The number of para-hydroxylation sites is 1. The van der Waals surface area contributed by atoms with Gasteiger partial charge in [-0.3, -0.25) is 9.55 Å². The highest BCUT2D eigenvalue weighted by atomic mass is 16.5. The van der Waals surface area contributed by atoms with E-state index in [0.29, 0.717) is 31.6 Å². The van der Waals surface area contributed by atoms with E-state index in [1.54, 1.807) is 24.4 Å². The molecule has 0 unspecified atom stereocenters. The monoisotopic (exact) mass is 457 g/mol. The molecule has 1 saturated heterocycles. The van der Waals surface area contributed by atoms with Crippen molar-refractivity contribution in [1.82, 2.24) is 19.4 Å². The Morgan fingerprint density at radius 1 is 1.15 bits per heavy atom. The molecule has 2 aromatic carbocycles. The van der Waals surface area contributed by atoms with Crippen LogP contribution in [0, 0.1) is 6.92 Å². The topological polar surface area (TPSA) is 92.2 Å². The number of nitrogens with zero attached hydrogens (tertiary/aromatic N) is 3.